The predicted octanol–water partition coefficient (Wildman–Crippen LogP) is 1.82. The van der Waals surface area contributed by atoms with Gasteiger partial charge in [-0.3, -0.25) is 4.79 Å². The molecule has 3 aromatic rings. The number of amides is 1. The Hall–Kier alpha value is -3.62. The van der Waals surface area contributed by atoms with Crippen LogP contribution in [-0.4, -0.2) is 58.9 Å². The van der Waals surface area contributed by atoms with Gasteiger partial charge in [0.15, 0.2) is 11.5 Å². The van der Waals surface area contributed by atoms with Gasteiger partial charge in [0.05, 0.1) is 11.9 Å². The van der Waals surface area contributed by atoms with Crippen molar-refractivity contribution in [1.82, 2.24) is 20.0 Å². The minimum absolute atomic E-state index is 0.146. The Kier molecular flexibility index (Phi) is 4.04. The number of nitrogens with zero attached hydrogens (tertiary/aromatic N) is 5. The molecule has 9 nitrogen and oxygen atoms in total. The second-order valence-corrected chi connectivity index (χ2v) is 6.47. The van der Waals surface area contributed by atoms with Crippen LogP contribution in [0, 0.1) is 0 Å². The second-order valence-electron chi connectivity index (χ2n) is 6.47. The van der Waals surface area contributed by atoms with Gasteiger partial charge in [0.25, 0.3) is 5.91 Å². The molecule has 0 N–H and O–H groups in total. The van der Waals surface area contributed by atoms with E-state index in [2.05, 4.69) is 15.0 Å². The van der Waals surface area contributed by atoms with Crippen LogP contribution in [0.5, 0.6) is 11.5 Å². The highest BCUT2D eigenvalue weighted by atomic mass is 16.7. The molecule has 28 heavy (non-hydrogen) atoms. The Morgan fingerprint density at radius 3 is 2.64 bits per heavy atom. The van der Waals surface area contributed by atoms with Gasteiger partial charge < -0.3 is 23.8 Å². The molecule has 1 amide bonds. The average Bonchev–Trinajstić information content (AvgIpc) is 3.45. The number of hydrogen-bond acceptors (Lipinski definition) is 8. The van der Waals surface area contributed by atoms with E-state index in [0.717, 1.165) is 22.8 Å². The van der Waals surface area contributed by atoms with Gasteiger partial charge in [-0.1, -0.05) is 5.16 Å². The largest absolute Gasteiger partial charge is 0.454 e. The highest BCUT2D eigenvalue weighted by Crippen LogP contribution is 2.35. The lowest BCUT2D eigenvalue weighted by atomic mass is 10.1. The number of carbonyl (C=O) groups is 1. The minimum atomic E-state index is -0.146. The van der Waals surface area contributed by atoms with Crippen molar-refractivity contribution < 1.29 is 18.8 Å². The van der Waals surface area contributed by atoms with Crippen molar-refractivity contribution in [2.24, 2.45) is 0 Å². The van der Waals surface area contributed by atoms with E-state index in [-0.39, 0.29) is 18.5 Å². The van der Waals surface area contributed by atoms with Crippen LogP contribution in [0.15, 0.2) is 47.2 Å². The van der Waals surface area contributed by atoms with Crippen molar-refractivity contribution >= 4 is 11.9 Å². The molecule has 0 bridgehead atoms. The number of carbonyl (C=O) groups excluding carboxylic acids is 1. The van der Waals surface area contributed by atoms with Gasteiger partial charge in [-0.05, 0) is 24.3 Å². The fourth-order valence-corrected chi connectivity index (χ4v) is 3.31. The van der Waals surface area contributed by atoms with E-state index in [1.165, 1.54) is 6.20 Å². The van der Waals surface area contributed by atoms with Crippen molar-refractivity contribution in [3.05, 3.63) is 48.5 Å². The summed E-state index contributed by atoms with van der Waals surface area (Å²) in [6.07, 6.45) is 3.22. The van der Waals surface area contributed by atoms with Crippen LogP contribution in [0.25, 0.3) is 11.3 Å². The number of anilines is 1. The maximum atomic E-state index is 12.4. The van der Waals surface area contributed by atoms with E-state index in [0.29, 0.717) is 32.1 Å². The zero-order valence-corrected chi connectivity index (χ0v) is 14.9. The summed E-state index contributed by atoms with van der Waals surface area (Å²) in [5.41, 5.74) is 1.75. The van der Waals surface area contributed by atoms with Gasteiger partial charge in [0, 0.05) is 44.0 Å². The fourth-order valence-electron chi connectivity index (χ4n) is 3.31. The summed E-state index contributed by atoms with van der Waals surface area (Å²) in [5.74, 6) is 2.21. The van der Waals surface area contributed by atoms with Crippen molar-refractivity contribution in [2.75, 3.05) is 37.9 Å². The van der Waals surface area contributed by atoms with Gasteiger partial charge in [-0.25, -0.2) is 9.97 Å². The molecule has 0 aliphatic carbocycles. The molecule has 0 saturated carbocycles. The van der Waals surface area contributed by atoms with E-state index in [9.17, 15) is 4.79 Å². The molecule has 2 aliphatic heterocycles. The third kappa shape index (κ3) is 3.00. The van der Waals surface area contributed by atoms with Crippen LogP contribution < -0.4 is 14.4 Å². The molecule has 0 radical (unpaired) electrons. The molecular weight excluding hydrogens is 362 g/mol. The number of ether oxygens (including phenoxy) is 2. The van der Waals surface area contributed by atoms with Gasteiger partial charge in [0.2, 0.25) is 18.5 Å². The summed E-state index contributed by atoms with van der Waals surface area (Å²) in [6.45, 7) is 2.66. The molecule has 4 heterocycles. The Balaban J connectivity index is 1.30. The van der Waals surface area contributed by atoms with E-state index in [1.54, 1.807) is 17.2 Å². The summed E-state index contributed by atoms with van der Waals surface area (Å²) >= 11 is 0. The standard InChI is InChI=1S/C19H17N5O4/c25-18(16-4-6-21-28-16)23-7-9-24(10-8-23)19-20-5-3-14(22-19)13-1-2-15-17(11-13)27-12-26-15/h1-6,11H,7-10,12H2. The van der Waals surface area contributed by atoms with E-state index < -0.39 is 0 Å². The van der Waals surface area contributed by atoms with Crippen LogP contribution in [0.2, 0.25) is 0 Å². The molecule has 1 aromatic carbocycles. The lowest BCUT2D eigenvalue weighted by molar-refractivity contribution is 0.0704. The molecule has 142 valence electrons. The van der Waals surface area contributed by atoms with Crippen molar-refractivity contribution in [2.45, 2.75) is 0 Å². The normalized spacial score (nSPS) is 15.7. The zero-order valence-electron chi connectivity index (χ0n) is 14.9. The van der Waals surface area contributed by atoms with Crippen LogP contribution >= 0.6 is 0 Å². The monoisotopic (exact) mass is 379 g/mol. The van der Waals surface area contributed by atoms with Crippen LogP contribution in [0.4, 0.5) is 5.95 Å². The topological polar surface area (TPSA) is 93.8 Å². The quantitative estimate of drug-likeness (QED) is 0.680. The molecule has 2 aliphatic rings. The maximum Gasteiger partial charge on any atom is 0.292 e. The Morgan fingerprint density at radius 2 is 1.82 bits per heavy atom. The maximum absolute atomic E-state index is 12.4. The summed E-state index contributed by atoms with van der Waals surface area (Å²) in [7, 11) is 0. The highest BCUT2D eigenvalue weighted by molar-refractivity contribution is 5.91. The average molecular weight is 379 g/mol. The lowest BCUT2D eigenvalue weighted by Gasteiger charge is -2.34. The van der Waals surface area contributed by atoms with Crippen molar-refractivity contribution in [3.8, 4) is 22.8 Å². The molecular formula is C19H17N5O4. The Bertz CT molecular complexity index is 999. The smallest absolute Gasteiger partial charge is 0.292 e. The molecule has 0 atom stereocenters. The molecule has 2 aromatic heterocycles. The summed E-state index contributed by atoms with van der Waals surface area (Å²) in [5, 5.41) is 3.59. The first-order valence-corrected chi connectivity index (χ1v) is 8.96. The van der Waals surface area contributed by atoms with Gasteiger partial charge in [-0.15, -0.1) is 0 Å². The Morgan fingerprint density at radius 1 is 0.964 bits per heavy atom. The van der Waals surface area contributed by atoms with Crippen molar-refractivity contribution in [3.63, 3.8) is 0 Å². The molecule has 0 spiro atoms. The van der Waals surface area contributed by atoms with Crippen molar-refractivity contribution in [1.29, 1.82) is 0 Å². The van der Waals surface area contributed by atoms with Crippen LogP contribution in [-0.2, 0) is 0 Å². The number of aromatic nitrogens is 3. The molecule has 9 heteroatoms. The molecule has 5 rings (SSSR count). The lowest BCUT2D eigenvalue weighted by Crippen LogP contribution is -2.49. The number of fused-ring (bicyclic) bond motifs is 1. The van der Waals surface area contributed by atoms with E-state index in [4.69, 9.17) is 19.0 Å². The first-order valence-electron chi connectivity index (χ1n) is 8.96. The highest BCUT2D eigenvalue weighted by Gasteiger charge is 2.25. The third-order valence-corrected chi connectivity index (χ3v) is 4.81. The summed E-state index contributed by atoms with van der Waals surface area (Å²) < 4.78 is 15.8. The third-order valence-electron chi connectivity index (χ3n) is 4.81. The van der Waals surface area contributed by atoms with Crippen LogP contribution in [0.3, 0.4) is 0 Å². The number of hydrogen-bond donors (Lipinski definition) is 0. The molecule has 0 unspecified atom stereocenters. The number of piperazine rings is 1. The predicted molar refractivity (Wildman–Crippen MR) is 98.2 cm³/mol. The first-order chi connectivity index (χ1) is 13.8. The zero-order chi connectivity index (χ0) is 18.9. The molecule has 1 fully saturated rings. The van der Waals surface area contributed by atoms with Gasteiger partial charge in [0.1, 0.15) is 0 Å². The SMILES string of the molecule is O=C(c1ccno1)N1CCN(c2nccc(-c3ccc4c(c3)OCO4)n2)CC1. The Labute approximate surface area is 160 Å². The van der Waals surface area contributed by atoms with E-state index in [1.807, 2.05) is 24.3 Å². The minimum Gasteiger partial charge on any atom is -0.454 e. The second kappa shape index (κ2) is 6.84. The molecule has 1 saturated heterocycles. The summed E-state index contributed by atoms with van der Waals surface area (Å²) in [4.78, 5) is 25.3. The van der Waals surface area contributed by atoms with Gasteiger partial charge in [-0.2, -0.15) is 0 Å². The van der Waals surface area contributed by atoms with E-state index >= 15 is 0 Å². The number of rotatable bonds is 3. The first kappa shape index (κ1) is 16.5. The summed E-state index contributed by atoms with van der Waals surface area (Å²) in [6, 6.07) is 9.20. The van der Waals surface area contributed by atoms with Gasteiger partial charge >= 0.3 is 0 Å². The van der Waals surface area contributed by atoms with Crippen LogP contribution in [0.1, 0.15) is 10.6 Å². The number of benzene rings is 1. The fraction of sp³-hybridized carbons (Fsp3) is 0.263.